The van der Waals surface area contributed by atoms with E-state index in [1.165, 1.54) is 0 Å². The summed E-state index contributed by atoms with van der Waals surface area (Å²) < 4.78 is 38.8. The summed E-state index contributed by atoms with van der Waals surface area (Å²) in [6.07, 6.45) is -4.57. The lowest BCUT2D eigenvalue weighted by Gasteiger charge is -2.39. The van der Waals surface area contributed by atoms with Crippen LogP contribution in [0.2, 0.25) is 5.02 Å². The molecule has 7 heteroatoms. The van der Waals surface area contributed by atoms with Gasteiger partial charge in [-0.2, -0.15) is 13.2 Å². The lowest BCUT2D eigenvalue weighted by Crippen LogP contribution is -2.52. The number of carboxylic acid groups (broad SMARTS) is 1. The Bertz CT molecular complexity index is 535. The minimum atomic E-state index is -4.39. The molecule has 0 aromatic heterocycles. The third kappa shape index (κ3) is 3.43. The number of halogens is 4. The molecule has 0 heterocycles. The Balaban J connectivity index is 2.29. The molecular formula is C14H15ClF3NO2. The third-order valence-corrected chi connectivity index (χ3v) is 4.20. The molecule has 116 valence electrons. The molecule has 2 unspecified atom stereocenters. The second kappa shape index (κ2) is 5.75. The summed E-state index contributed by atoms with van der Waals surface area (Å²) in [4.78, 5) is 11.6. The minimum Gasteiger partial charge on any atom is -0.480 e. The van der Waals surface area contributed by atoms with Crippen LogP contribution in [0, 0.1) is 5.92 Å². The van der Waals surface area contributed by atoms with Crippen LogP contribution < -0.4 is 5.32 Å². The van der Waals surface area contributed by atoms with Crippen molar-refractivity contribution in [3.63, 3.8) is 0 Å². The number of nitrogens with one attached hydrogen (secondary N) is 1. The van der Waals surface area contributed by atoms with E-state index >= 15 is 0 Å². The van der Waals surface area contributed by atoms with Crippen molar-refractivity contribution >= 4 is 23.3 Å². The lowest BCUT2D eigenvalue weighted by atomic mass is 9.75. The zero-order valence-corrected chi connectivity index (χ0v) is 11.8. The molecule has 1 aliphatic carbocycles. The summed E-state index contributed by atoms with van der Waals surface area (Å²) in [5.41, 5.74) is -1.30. The number of hydrogen-bond acceptors (Lipinski definition) is 2. The molecule has 0 spiro atoms. The first-order chi connectivity index (χ1) is 9.74. The number of para-hydroxylation sites is 1. The van der Waals surface area contributed by atoms with Gasteiger partial charge in [0.05, 0.1) is 16.6 Å². The van der Waals surface area contributed by atoms with E-state index in [-0.39, 0.29) is 24.3 Å². The van der Waals surface area contributed by atoms with Gasteiger partial charge in [-0.15, -0.1) is 0 Å². The van der Waals surface area contributed by atoms with Gasteiger partial charge < -0.3 is 10.4 Å². The van der Waals surface area contributed by atoms with E-state index in [1.54, 1.807) is 24.3 Å². The quantitative estimate of drug-likeness (QED) is 0.871. The monoisotopic (exact) mass is 321 g/mol. The summed E-state index contributed by atoms with van der Waals surface area (Å²) >= 11 is 5.96. The molecule has 2 rings (SSSR count). The van der Waals surface area contributed by atoms with Crippen molar-refractivity contribution in [1.82, 2.24) is 0 Å². The number of carbonyl (C=O) groups is 1. The Morgan fingerprint density at radius 2 is 2.05 bits per heavy atom. The van der Waals surface area contributed by atoms with E-state index in [0.29, 0.717) is 5.69 Å². The largest absolute Gasteiger partial charge is 0.480 e. The Morgan fingerprint density at radius 1 is 1.38 bits per heavy atom. The first-order valence-electron chi connectivity index (χ1n) is 6.57. The fraction of sp³-hybridized carbons (Fsp3) is 0.500. The zero-order chi connectivity index (χ0) is 15.7. The molecular weight excluding hydrogens is 307 g/mol. The van der Waals surface area contributed by atoms with E-state index in [4.69, 9.17) is 11.6 Å². The molecule has 1 aromatic carbocycles. The second-order valence-corrected chi connectivity index (χ2v) is 5.73. The van der Waals surface area contributed by atoms with Crippen molar-refractivity contribution in [1.29, 1.82) is 0 Å². The number of carboxylic acids is 1. The van der Waals surface area contributed by atoms with Crippen molar-refractivity contribution in [3.8, 4) is 0 Å². The molecule has 0 aliphatic heterocycles. The van der Waals surface area contributed by atoms with Gasteiger partial charge in [-0.3, -0.25) is 0 Å². The van der Waals surface area contributed by atoms with Crippen LogP contribution in [0.25, 0.3) is 0 Å². The SMILES string of the molecule is O=C(O)C1(Nc2ccccc2Cl)CCCC(C(F)(F)F)C1. The maximum atomic E-state index is 12.9. The van der Waals surface area contributed by atoms with Gasteiger partial charge in [-0.05, 0) is 37.8 Å². The smallest absolute Gasteiger partial charge is 0.391 e. The first-order valence-corrected chi connectivity index (χ1v) is 6.95. The van der Waals surface area contributed by atoms with Gasteiger partial charge in [0.2, 0.25) is 0 Å². The maximum absolute atomic E-state index is 12.9. The molecule has 1 fully saturated rings. The molecule has 0 bridgehead atoms. The molecule has 21 heavy (non-hydrogen) atoms. The fourth-order valence-electron chi connectivity index (χ4n) is 2.74. The van der Waals surface area contributed by atoms with Gasteiger partial charge in [0.15, 0.2) is 0 Å². The van der Waals surface area contributed by atoms with E-state index in [1.807, 2.05) is 0 Å². The Kier molecular flexibility index (Phi) is 4.37. The highest BCUT2D eigenvalue weighted by Crippen LogP contribution is 2.43. The van der Waals surface area contributed by atoms with E-state index in [9.17, 15) is 23.1 Å². The van der Waals surface area contributed by atoms with Crippen LogP contribution in [-0.2, 0) is 4.79 Å². The van der Waals surface area contributed by atoms with Gasteiger partial charge in [-0.1, -0.05) is 23.7 Å². The number of rotatable bonds is 3. The predicted molar refractivity (Wildman–Crippen MR) is 73.5 cm³/mol. The van der Waals surface area contributed by atoms with Crippen LogP contribution in [0.1, 0.15) is 25.7 Å². The molecule has 1 saturated carbocycles. The second-order valence-electron chi connectivity index (χ2n) is 5.33. The summed E-state index contributed by atoms with van der Waals surface area (Å²) in [7, 11) is 0. The van der Waals surface area contributed by atoms with E-state index in [0.717, 1.165) is 0 Å². The van der Waals surface area contributed by atoms with Gasteiger partial charge in [-0.25, -0.2) is 4.79 Å². The van der Waals surface area contributed by atoms with Crippen LogP contribution in [0.4, 0.5) is 18.9 Å². The Labute approximate surface area is 125 Å². The summed E-state index contributed by atoms with van der Waals surface area (Å²) in [6, 6.07) is 6.43. The minimum absolute atomic E-state index is 0.0390. The molecule has 2 atom stereocenters. The van der Waals surface area contributed by atoms with Gasteiger partial charge >= 0.3 is 12.1 Å². The number of hydrogen-bond donors (Lipinski definition) is 2. The molecule has 0 radical (unpaired) electrons. The van der Waals surface area contributed by atoms with Crippen molar-refractivity contribution < 1.29 is 23.1 Å². The molecule has 0 amide bonds. The molecule has 3 nitrogen and oxygen atoms in total. The van der Waals surface area contributed by atoms with Crippen molar-refractivity contribution in [3.05, 3.63) is 29.3 Å². The number of benzene rings is 1. The number of aliphatic carboxylic acids is 1. The highest BCUT2D eigenvalue weighted by atomic mass is 35.5. The molecule has 0 saturated heterocycles. The summed E-state index contributed by atoms with van der Waals surface area (Å²) in [5.74, 6) is -2.89. The van der Waals surface area contributed by atoms with Crippen molar-refractivity contribution in [2.45, 2.75) is 37.4 Å². The fourth-order valence-corrected chi connectivity index (χ4v) is 2.92. The molecule has 1 aromatic rings. The summed E-state index contributed by atoms with van der Waals surface area (Å²) in [5, 5.41) is 12.5. The van der Waals surface area contributed by atoms with Crippen LogP contribution in [-0.4, -0.2) is 22.8 Å². The zero-order valence-electron chi connectivity index (χ0n) is 11.1. The van der Waals surface area contributed by atoms with Crippen LogP contribution in [0.3, 0.4) is 0 Å². The third-order valence-electron chi connectivity index (χ3n) is 3.87. The Morgan fingerprint density at radius 3 is 2.62 bits per heavy atom. The van der Waals surface area contributed by atoms with Crippen LogP contribution in [0.15, 0.2) is 24.3 Å². The van der Waals surface area contributed by atoms with Gasteiger partial charge in [0.1, 0.15) is 5.54 Å². The highest BCUT2D eigenvalue weighted by molar-refractivity contribution is 6.33. The van der Waals surface area contributed by atoms with Crippen LogP contribution in [0.5, 0.6) is 0 Å². The van der Waals surface area contributed by atoms with Gasteiger partial charge in [0, 0.05) is 0 Å². The lowest BCUT2D eigenvalue weighted by molar-refractivity contribution is -0.188. The van der Waals surface area contributed by atoms with Crippen molar-refractivity contribution in [2.24, 2.45) is 5.92 Å². The van der Waals surface area contributed by atoms with Crippen LogP contribution >= 0.6 is 11.6 Å². The molecule has 1 aliphatic rings. The standard InChI is InChI=1S/C14H15ClF3NO2/c15-10-5-1-2-6-11(10)19-13(12(20)21)7-3-4-9(8-13)14(16,17)18/h1-2,5-6,9,19H,3-4,7-8H2,(H,20,21). The topological polar surface area (TPSA) is 49.3 Å². The average molecular weight is 322 g/mol. The first kappa shape index (κ1) is 15.9. The average Bonchev–Trinajstić information content (AvgIpc) is 2.40. The highest BCUT2D eigenvalue weighted by Gasteiger charge is 2.51. The normalized spacial score (nSPS) is 26.4. The van der Waals surface area contributed by atoms with Gasteiger partial charge in [0.25, 0.3) is 0 Å². The van der Waals surface area contributed by atoms with E-state index in [2.05, 4.69) is 5.32 Å². The predicted octanol–water partition coefficient (Wildman–Crippen LogP) is 4.33. The number of anilines is 1. The Hall–Kier alpha value is -1.43. The van der Waals surface area contributed by atoms with E-state index < -0.39 is 30.0 Å². The maximum Gasteiger partial charge on any atom is 0.391 e. The number of alkyl halides is 3. The summed E-state index contributed by atoms with van der Waals surface area (Å²) in [6.45, 7) is 0. The van der Waals surface area contributed by atoms with Crippen molar-refractivity contribution in [2.75, 3.05) is 5.32 Å². The molecule has 2 N–H and O–H groups in total.